The van der Waals surface area contributed by atoms with Crippen LogP contribution in [0.1, 0.15) is 31.7 Å². The zero-order valence-corrected chi connectivity index (χ0v) is 13.5. The van der Waals surface area contributed by atoms with Crippen molar-refractivity contribution in [1.29, 1.82) is 0 Å². The maximum absolute atomic E-state index is 13.9. The summed E-state index contributed by atoms with van der Waals surface area (Å²) < 4.78 is 13.9. The maximum Gasteiger partial charge on any atom is 0.125 e. The lowest BCUT2D eigenvalue weighted by atomic mass is 10.1. The largest absolute Gasteiger partial charge is 0.367 e. The van der Waals surface area contributed by atoms with Gasteiger partial charge in [0.05, 0.1) is 0 Å². The van der Waals surface area contributed by atoms with Gasteiger partial charge in [-0.2, -0.15) is 0 Å². The summed E-state index contributed by atoms with van der Waals surface area (Å²) in [6.07, 6.45) is 3.48. The molecule has 1 fully saturated rings. The van der Waals surface area contributed by atoms with Gasteiger partial charge in [0.15, 0.2) is 0 Å². The van der Waals surface area contributed by atoms with Crippen molar-refractivity contribution >= 4 is 5.69 Å². The van der Waals surface area contributed by atoms with Gasteiger partial charge in [-0.25, -0.2) is 4.39 Å². The molecule has 0 amide bonds. The van der Waals surface area contributed by atoms with E-state index in [0.717, 1.165) is 43.9 Å². The summed E-state index contributed by atoms with van der Waals surface area (Å²) in [5.74, 6) is -0.128. The average molecular weight is 293 g/mol. The SMILES string of the molecule is CCCNCc1cc(F)cc(N2CCCC2CN(C)C)c1. The molecule has 1 atom stereocenters. The van der Waals surface area contributed by atoms with Crippen LogP contribution in [0.2, 0.25) is 0 Å². The Morgan fingerprint density at radius 2 is 2.14 bits per heavy atom. The summed E-state index contributed by atoms with van der Waals surface area (Å²) in [5.41, 5.74) is 2.07. The van der Waals surface area contributed by atoms with E-state index in [9.17, 15) is 4.39 Å². The van der Waals surface area contributed by atoms with Crippen LogP contribution in [-0.4, -0.2) is 44.7 Å². The van der Waals surface area contributed by atoms with E-state index in [0.29, 0.717) is 6.04 Å². The van der Waals surface area contributed by atoms with Gasteiger partial charge < -0.3 is 15.1 Å². The number of hydrogen-bond donors (Lipinski definition) is 1. The number of nitrogens with one attached hydrogen (secondary N) is 1. The van der Waals surface area contributed by atoms with Gasteiger partial charge in [0.25, 0.3) is 0 Å². The van der Waals surface area contributed by atoms with E-state index >= 15 is 0 Å². The van der Waals surface area contributed by atoms with E-state index in [-0.39, 0.29) is 5.82 Å². The second kappa shape index (κ2) is 7.76. The van der Waals surface area contributed by atoms with Crippen LogP contribution in [0.15, 0.2) is 18.2 Å². The average Bonchev–Trinajstić information content (AvgIpc) is 2.85. The molecule has 1 aliphatic heterocycles. The van der Waals surface area contributed by atoms with Crippen LogP contribution >= 0.6 is 0 Å². The molecule has 2 rings (SSSR count). The summed E-state index contributed by atoms with van der Waals surface area (Å²) in [5, 5.41) is 3.35. The highest BCUT2D eigenvalue weighted by molar-refractivity contribution is 5.51. The van der Waals surface area contributed by atoms with Gasteiger partial charge in [-0.15, -0.1) is 0 Å². The van der Waals surface area contributed by atoms with E-state index in [4.69, 9.17) is 0 Å². The topological polar surface area (TPSA) is 18.5 Å². The highest BCUT2D eigenvalue weighted by Gasteiger charge is 2.25. The van der Waals surface area contributed by atoms with Crippen LogP contribution in [0.25, 0.3) is 0 Å². The molecule has 0 aromatic heterocycles. The highest BCUT2D eigenvalue weighted by Crippen LogP contribution is 2.27. The minimum Gasteiger partial charge on any atom is -0.367 e. The summed E-state index contributed by atoms with van der Waals surface area (Å²) in [6.45, 7) is 5.91. The Labute approximate surface area is 128 Å². The molecule has 1 aliphatic rings. The fourth-order valence-electron chi connectivity index (χ4n) is 3.10. The van der Waals surface area contributed by atoms with Gasteiger partial charge in [0.2, 0.25) is 0 Å². The van der Waals surface area contributed by atoms with E-state index < -0.39 is 0 Å². The quantitative estimate of drug-likeness (QED) is 0.780. The predicted molar refractivity (Wildman–Crippen MR) is 87.3 cm³/mol. The fourth-order valence-corrected chi connectivity index (χ4v) is 3.10. The smallest absolute Gasteiger partial charge is 0.125 e. The summed E-state index contributed by atoms with van der Waals surface area (Å²) >= 11 is 0. The number of likely N-dealkylation sites (N-methyl/N-ethyl adjacent to an activating group) is 1. The monoisotopic (exact) mass is 293 g/mol. The Morgan fingerprint density at radius 3 is 2.86 bits per heavy atom. The Kier molecular flexibility index (Phi) is 6.00. The van der Waals surface area contributed by atoms with Gasteiger partial charge in [-0.3, -0.25) is 0 Å². The third kappa shape index (κ3) is 4.68. The molecule has 1 saturated heterocycles. The Hall–Kier alpha value is -1.13. The minimum absolute atomic E-state index is 0.128. The van der Waals surface area contributed by atoms with Gasteiger partial charge in [-0.05, 0) is 63.7 Å². The molecule has 4 heteroatoms. The van der Waals surface area contributed by atoms with E-state index in [1.165, 1.54) is 12.8 Å². The maximum atomic E-state index is 13.9. The minimum atomic E-state index is -0.128. The Bertz CT molecular complexity index is 448. The Morgan fingerprint density at radius 1 is 1.33 bits per heavy atom. The fraction of sp³-hybridized carbons (Fsp3) is 0.647. The number of halogens is 1. The van der Waals surface area contributed by atoms with E-state index in [2.05, 4.69) is 42.2 Å². The molecule has 1 N–H and O–H groups in total. The predicted octanol–water partition coefficient (Wildman–Crippen LogP) is 2.86. The van der Waals surface area contributed by atoms with Crippen molar-refractivity contribution in [1.82, 2.24) is 10.2 Å². The zero-order chi connectivity index (χ0) is 15.2. The van der Waals surface area contributed by atoms with Crippen molar-refractivity contribution in [2.45, 2.75) is 38.8 Å². The van der Waals surface area contributed by atoms with Gasteiger partial charge in [0.1, 0.15) is 5.82 Å². The van der Waals surface area contributed by atoms with Gasteiger partial charge >= 0.3 is 0 Å². The van der Waals surface area contributed by atoms with Crippen LogP contribution in [0.3, 0.4) is 0 Å². The molecule has 0 saturated carbocycles. The van der Waals surface area contributed by atoms with Crippen molar-refractivity contribution < 1.29 is 4.39 Å². The Balaban J connectivity index is 2.10. The molecule has 1 aromatic carbocycles. The standard InChI is InChI=1S/C17H28FN3/c1-4-7-19-12-14-9-15(18)11-17(10-14)21-8-5-6-16(21)13-20(2)3/h9-11,16,19H,4-8,12-13H2,1-3H3. The molecular formula is C17H28FN3. The molecule has 1 aromatic rings. The van der Waals surface area contributed by atoms with Crippen LogP contribution in [0.5, 0.6) is 0 Å². The van der Waals surface area contributed by atoms with E-state index in [1.54, 1.807) is 12.1 Å². The normalized spacial score (nSPS) is 18.7. The highest BCUT2D eigenvalue weighted by atomic mass is 19.1. The van der Waals surface area contributed by atoms with Crippen molar-refractivity contribution in [3.8, 4) is 0 Å². The molecule has 1 unspecified atom stereocenters. The lowest BCUT2D eigenvalue weighted by Crippen LogP contribution is -2.37. The van der Waals surface area contributed by atoms with Crippen LogP contribution in [0, 0.1) is 5.82 Å². The van der Waals surface area contributed by atoms with Gasteiger partial charge in [0, 0.05) is 31.4 Å². The van der Waals surface area contributed by atoms with Crippen LogP contribution in [0.4, 0.5) is 10.1 Å². The van der Waals surface area contributed by atoms with Crippen molar-refractivity contribution in [2.24, 2.45) is 0 Å². The van der Waals surface area contributed by atoms with Crippen molar-refractivity contribution in [3.63, 3.8) is 0 Å². The summed E-state index contributed by atoms with van der Waals surface area (Å²) in [4.78, 5) is 4.58. The molecule has 0 radical (unpaired) electrons. The molecule has 0 bridgehead atoms. The molecule has 1 heterocycles. The second-order valence-corrected chi connectivity index (χ2v) is 6.25. The first kappa shape index (κ1) is 16.2. The van der Waals surface area contributed by atoms with Gasteiger partial charge in [-0.1, -0.05) is 6.92 Å². The number of hydrogen-bond acceptors (Lipinski definition) is 3. The van der Waals surface area contributed by atoms with Crippen LogP contribution < -0.4 is 10.2 Å². The summed E-state index contributed by atoms with van der Waals surface area (Å²) in [7, 11) is 4.20. The molecule has 118 valence electrons. The lowest BCUT2D eigenvalue weighted by molar-refractivity contribution is 0.372. The number of nitrogens with zero attached hydrogens (tertiary/aromatic N) is 2. The molecule has 0 aliphatic carbocycles. The first-order valence-electron chi connectivity index (χ1n) is 8.01. The molecular weight excluding hydrogens is 265 g/mol. The third-order valence-corrected chi connectivity index (χ3v) is 3.98. The molecule has 3 nitrogen and oxygen atoms in total. The zero-order valence-electron chi connectivity index (χ0n) is 13.5. The number of anilines is 1. The summed E-state index contributed by atoms with van der Waals surface area (Å²) in [6, 6.07) is 5.96. The van der Waals surface area contributed by atoms with E-state index in [1.807, 2.05) is 0 Å². The number of benzene rings is 1. The first-order chi connectivity index (χ1) is 10.1. The molecule has 21 heavy (non-hydrogen) atoms. The second-order valence-electron chi connectivity index (χ2n) is 6.25. The lowest BCUT2D eigenvalue weighted by Gasteiger charge is -2.29. The van der Waals surface area contributed by atoms with Crippen LogP contribution in [-0.2, 0) is 6.54 Å². The molecule has 0 spiro atoms. The van der Waals surface area contributed by atoms with Crippen molar-refractivity contribution in [2.75, 3.05) is 38.6 Å². The first-order valence-corrected chi connectivity index (χ1v) is 8.01. The third-order valence-electron chi connectivity index (χ3n) is 3.98. The number of rotatable bonds is 7. The van der Waals surface area contributed by atoms with Crippen molar-refractivity contribution in [3.05, 3.63) is 29.6 Å².